The highest BCUT2D eigenvalue weighted by Gasteiger charge is 2.38. The normalized spacial score (nSPS) is 25.1. The first kappa shape index (κ1) is 24.5. The number of ether oxygens (including phenoxy) is 1. The molecule has 3 atom stereocenters. The quantitative estimate of drug-likeness (QED) is 0.561. The van der Waals surface area contributed by atoms with Gasteiger partial charge >= 0.3 is 6.03 Å². The number of rotatable bonds is 9. The third kappa shape index (κ3) is 5.71. The maximum Gasteiger partial charge on any atom is 0.324 e. The van der Waals surface area contributed by atoms with Crippen LogP contribution in [-0.4, -0.2) is 85.0 Å². The lowest BCUT2D eigenvalue weighted by Gasteiger charge is -2.45. The molecule has 3 saturated heterocycles. The number of hydrogen-bond acceptors (Lipinski definition) is 5. The number of carbonyl (C=O) groups is 3. The van der Waals surface area contributed by atoms with Gasteiger partial charge in [-0.2, -0.15) is 0 Å². The van der Waals surface area contributed by atoms with Crippen LogP contribution in [0, 0.1) is 5.92 Å². The van der Waals surface area contributed by atoms with Gasteiger partial charge in [-0.25, -0.2) is 4.79 Å². The van der Waals surface area contributed by atoms with Crippen molar-refractivity contribution in [3.63, 3.8) is 0 Å². The molecule has 1 N–H and O–H groups in total. The Kier molecular flexibility index (Phi) is 8.08. The van der Waals surface area contributed by atoms with Crippen molar-refractivity contribution >= 4 is 17.8 Å². The van der Waals surface area contributed by atoms with Crippen molar-refractivity contribution in [1.82, 2.24) is 20.0 Å². The zero-order valence-electron chi connectivity index (χ0n) is 20.5. The zero-order valence-corrected chi connectivity index (χ0v) is 20.5. The van der Waals surface area contributed by atoms with Crippen molar-refractivity contribution < 1.29 is 19.1 Å². The number of amides is 4. The van der Waals surface area contributed by atoms with E-state index in [0.717, 1.165) is 17.9 Å². The molecule has 3 heterocycles. The lowest BCUT2D eigenvalue weighted by Crippen LogP contribution is -2.51. The van der Waals surface area contributed by atoms with Crippen LogP contribution in [0.3, 0.4) is 0 Å². The number of fused-ring (bicyclic) bond motifs is 1. The van der Waals surface area contributed by atoms with E-state index in [1.165, 1.54) is 50.1 Å². The third-order valence-electron chi connectivity index (χ3n) is 7.70. The van der Waals surface area contributed by atoms with E-state index in [-0.39, 0.29) is 24.3 Å². The number of methoxy groups -OCH3 is 1. The van der Waals surface area contributed by atoms with Crippen LogP contribution in [0.25, 0.3) is 0 Å². The van der Waals surface area contributed by atoms with Crippen molar-refractivity contribution in [1.29, 1.82) is 0 Å². The van der Waals surface area contributed by atoms with Gasteiger partial charge in [-0.15, -0.1) is 0 Å². The SMILES string of the molecule is COc1ccc(CCN2C(=O)N[C@H](CCC(=O)N(C)C[C@@H]3CCCN4CCCC[C@@H]34)C2=O)cc1. The Morgan fingerprint density at radius 3 is 2.65 bits per heavy atom. The lowest BCUT2D eigenvalue weighted by atomic mass is 9.83. The van der Waals surface area contributed by atoms with Crippen LogP contribution in [-0.2, 0) is 16.0 Å². The van der Waals surface area contributed by atoms with Crippen molar-refractivity contribution in [2.45, 2.75) is 63.5 Å². The number of imide groups is 1. The Morgan fingerprint density at radius 2 is 1.88 bits per heavy atom. The molecule has 0 aromatic heterocycles. The van der Waals surface area contributed by atoms with Gasteiger partial charge in [0.15, 0.2) is 0 Å². The first-order valence-corrected chi connectivity index (χ1v) is 12.7. The first-order chi connectivity index (χ1) is 16.5. The summed E-state index contributed by atoms with van der Waals surface area (Å²) in [5, 5.41) is 2.76. The molecule has 4 rings (SSSR count). The van der Waals surface area contributed by atoms with Crippen LogP contribution < -0.4 is 10.1 Å². The zero-order chi connectivity index (χ0) is 24.1. The summed E-state index contributed by atoms with van der Waals surface area (Å²) < 4.78 is 5.16. The second-order valence-corrected chi connectivity index (χ2v) is 9.90. The minimum Gasteiger partial charge on any atom is -0.497 e. The summed E-state index contributed by atoms with van der Waals surface area (Å²) in [5.41, 5.74) is 1.03. The Balaban J connectivity index is 1.23. The molecular formula is C26H38N4O4. The minimum atomic E-state index is -0.621. The molecule has 0 radical (unpaired) electrons. The molecule has 186 valence electrons. The van der Waals surface area contributed by atoms with Crippen LogP contribution in [0.5, 0.6) is 5.75 Å². The van der Waals surface area contributed by atoms with Gasteiger partial charge in [-0.05, 0) is 75.2 Å². The molecule has 3 aliphatic heterocycles. The van der Waals surface area contributed by atoms with E-state index >= 15 is 0 Å². The standard InChI is InChI=1S/C26H38N4O4/c1-28(18-20-6-5-16-29-15-4-3-7-23(20)29)24(31)13-12-22-25(32)30(26(33)27-22)17-14-19-8-10-21(34-2)11-9-19/h8-11,20,22-23H,3-7,12-18H2,1-2H3,(H,27,33)/t20-,22+,23-/m0/s1. The highest BCUT2D eigenvalue weighted by atomic mass is 16.5. The molecular weight excluding hydrogens is 432 g/mol. The fourth-order valence-corrected chi connectivity index (χ4v) is 5.72. The Labute approximate surface area is 202 Å². The number of benzene rings is 1. The summed E-state index contributed by atoms with van der Waals surface area (Å²) in [6.07, 6.45) is 7.38. The third-order valence-corrected chi connectivity index (χ3v) is 7.70. The predicted octanol–water partition coefficient (Wildman–Crippen LogP) is 2.66. The molecule has 3 aliphatic rings. The maximum absolute atomic E-state index is 12.8. The van der Waals surface area contributed by atoms with Crippen LogP contribution in [0.15, 0.2) is 24.3 Å². The molecule has 1 aromatic rings. The van der Waals surface area contributed by atoms with E-state index in [1.54, 1.807) is 7.11 Å². The van der Waals surface area contributed by atoms with Gasteiger partial charge in [0.05, 0.1) is 7.11 Å². The number of piperidine rings is 2. The molecule has 0 spiro atoms. The Hall–Kier alpha value is -2.61. The number of hydrogen-bond donors (Lipinski definition) is 1. The smallest absolute Gasteiger partial charge is 0.324 e. The van der Waals surface area contributed by atoms with Gasteiger partial charge < -0.3 is 19.9 Å². The van der Waals surface area contributed by atoms with Gasteiger partial charge in [-0.3, -0.25) is 14.5 Å². The summed E-state index contributed by atoms with van der Waals surface area (Å²) in [7, 11) is 3.49. The monoisotopic (exact) mass is 470 g/mol. The van der Waals surface area contributed by atoms with E-state index in [2.05, 4.69) is 10.2 Å². The predicted molar refractivity (Wildman–Crippen MR) is 130 cm³/mol. The van der Waals surface area contributed by atoms with E-state index in [9.17, 15) is 14.4 Å². The van der Waals surface area contributed by atoms with Crippen LogP contribution in [0.2, 0.25) is 0 Å². The van der Waals surface area contributed by atoms with Crippen molar-refractivity contribution in [3.8, 4) is 5.75 Å². The molecule has 4 amide bonds. The van der Waals surface area contributed by atoms with Crippen LogP contribution in [0.4, 0.5) is 4.79 Å². The number of carbonyl (C=O) groups excluding carboxylic acids is 3. The largest absolute Gasteiger partial charge is 0.497 e. The topological polar surface area (TPSA) is 82.2 Å². The maximum atomic E-state index is 12.8. The van der Waals surface area contributed by atoms with Gasteiger partial charge in [0.1, 0.15) is 11.8 Å². The Morgan fingerprint density at radius 1 is 1.12 bits per heavy atom. The summed E-state index contributed by atoms with van der Waals surface area (Å²) in [5.74, 6) is 1.11. The van der Waals surface area contributed by atoms with Gasteiger partial charge in [0.2, 0.25) is 5.91 Å². The average Bonchev–Trinajstić information content (AvgIpc) is 3.13. The molecule has 0 bridgehead atoms. The van der Waals surface area contributed by atoms with E-state index in [4.69, 9.17) is 4.74 Å². The van der Waals surface area contributed by atoms with E-state index < -0.39 is 6.04 Å². The summed E-state index contributed by atoms with van der Waals surface area (Å²) in [6, 6.07) is 7.21. The van der Waals surface area contributed by atoms with Crippen molar-refractivity contribution in [3.05, 3.63) is 29.8 Å². The summed E-state index contributed by atoms with van der Waals surface area (Å²) in [4.78, 5) is 43.7. The number of nitrogens with one attached hydrogen (secondary N) is 1. The molecule has 1 aromatic carbocycles. The highest BCUT2D eigenvalue weighted by Crippen LogP contribution is 2.31. The van der Waals surface area contributed by atoms with Crippen molar-refractivity contribution in [2.75, 3.05) is 40.3 Å². The van der Waals surface area contributed by atoms with Crippen molar-refractivity contribution in [2.24, 2.45) is 5.92 Å². The molecule has 8 heteroatoms. The fourth-order valence-electron chi connectivity index (χ4n) is 5.72. The van der Waals surface area contributed by atoms with E-state index in [0.29, 0.717) is 31.3 Å². The van der Waals surface area contributed by atoms with Crippen LogP contribution >= 0.6 is 0 Å². The second kappa shape index (κ2) is 11.2. The molecule has 8 nitrogen and oxygen atoms in total. The summed E-state index contributed by atoms with van der Waals surface area (Å²) in [6.45, 7) is 3.48. The molecule has 3 fully saturated rings. The minimum absolute atomic E-state index is 0.0478. The molecule has 34 heavy (non-hydrogen) atoms. The van der Waals surface area contributed by atoms with Gasteiger partial charge in [0.25, 0.3) is 5.91 Å². The first-order valence-electron chi connectivity index (χ1n) is 12.7. The second-order valence-electron chi connectivity index (χ2n) is 9.90. The van der Waals surface area contributed by atoms with E-state index in [1.807, 2.05) is 36.2 Å². The van der Waals surface area contributed by atoms with Gasteiger partial charge in [0, 0.05) is 32.6 Å². The average molecular weight is 471 g/mol. The molecule has 0 saturated carbocycles. The Bertz CT molecular complexity index is 872. The highest BCUT2D eigenvalue weighted by molar-refractivity contribution is 6.04. The lowest BCUT2D eigenvalue weighted by molar-refractivity contribution is -0.131. The molecule has 0 unspecified atom stereocenters. The number of urea groups is 1. The van der Waals surface area contributed by atoms with Crippen LogP contribution in [0.1, 0.15) is 50.5 Å². The molecule has 0 aliphatic carbocycles. The number of nitrogens with zero attached hydrogens (tertiary/aromatic N) is 3. The fraction of sp³-hybridized carbons (Fsp3) is 0.654. The summed E-state index contributed by atoms with van der Waals surface area (Å²) >= 11 is 0. The van der Waals surface area contributed by atoms with Gasteiger partial charge in [-0.1, -0.05) is 18.6 Å².